The highest BCUT2D eigenvalue weighted by Crippen LogP contribution is 2.28. The lowest BCUT2D eigenvalue weighted by molar-refractivity contribution is -0.116. The van der Waals surface area contributed by atoms with Crippen LogP contribution in [0.4, 0.5) is 11.4 Å². The largest absolute Gasteiger partial charge is 0.374 e. The van der Waals surface area contributed by atoms with Gasteiger partial charge in [-0.05, 0) is 61.9 Å². The first-order chi connectivity index (χ1) is 11.7. The average molecular weight is 319 g/mol. The monoisotopic (exact) mass is 319 g/mol. The van der Waals surface area contributed by atoms with Gasteiger partial charge in [-0.2, -0.15) is 5.26 Å². The predicted molar refractivity (Wildman–Crippen MR) is 96.0 cm³/mol. The van der Waals surface area contributed by atoms with Crippen LogP contribution in [0.1, 0.15) is 36.5 Å². The van der Waals surface area contributed by atoms with E-state index in [0.29, 0.717) is 11.3 Å². The summed E-state index contributed by atoms with van der Waals surface area (Å²) in [4.78, 5) is 12.5. The van der Waals surface area contributed by atoms with Crippen LogP contribution in [0.15, 0.2) is 42.5 Å². The van der Waals surface area contributed by atoms with E-state index >= 15 is 0 Å². The molecule has 0 fully saturated rings. The minimum absolute atomic E-state index is 0.147. The average Bonchev–Trinajstić information content (AvgIpc) is 2.62. The second-order valence-electron chi connectivity index (χ2n) is 6.16. The van der Waals surface area contributed by atoms with Gasteiger partial charge in [0.25, 0.3) is 0 Å². The van der Waals surface area contributed by atoms with Crippen LogP contribution >= 0.6 is 0 Å². The summed E-state index contributed by atoms with van der Waals surface area (Å²) in [5.74, 6) is -0.147. The highest BCUT2D eigenvalue weighted by atomic mass is 16.2. The van der Waals surface area contributed by atoms with E-state index in [9.17, 15) is 4.79 Å². The van der Waals surface area contributed by atoms with Gasteiger partial charge in [0.2, 0.25) is 5.91 Å². The zero-order chi connectivity index (χ0) is 16.9. The summed E-state index contributed by atoms with van der Waals surface area (Å²) in [5.41, 5.74) is 4.78. The lowest BCUT2D eigenvalue weighted by Crippen LogP contribution is -2.32. The minimum Gasteiger partial charge on any atom is -0.374 e. The predicted octanol–water partition coefficient (Wildman–Crippen LogP) is 3.88. The third-order valence-corrected chi connectivity index (χ3v) is 4.47. The number of nitriles is 1. The standard InChI is InChI=1S/C20H21N3O/c1-14(20(24)23-18-11-5-3-8-16(18)13-21)22-19-12-6-9-15-7-2-4-10-17(15)19/h3,5-6,8-9,11-12,14,22H,2,4,7,10H2,1H3,(H,23,24). The number of hydrogen-bond acceptors (Lipinski definition) is 3. The molecule has 122 valence electrons. The fourth-order valence-corrected chi connectivity index (χ4v) is 3.15. The molecule has 0 saturated carbocycles. The van der Waals surface area contributed by atoms with Gasteiger partial charge in [0.1, 0.15) is 12.1 Å². The maximum Gasteiger partial charge on any atom is 0.246 e. The maximum atomic E-state index is 12.5. The quantitative estimate of drug-likeness (QED) is 0.899. The van der Waals surface area contributed by atoms with Crippen molar-refractivity contribution < 1.29 is 4.79 Å². The molecule has 0 aromatic heterocycles. The van der Waals surface area contributed by atoms with Crippen molar-refractivity contribution in [2.45, 2.75) is 38.6 Å². The van der Waals surface area contributed by atoms with Crippen molar-refractivity contribution in [2.24, 2.45) is 0 Å². The smallest absolute Gasteiger partial charge is 0.246 e. The number of anilines is 2. The van der Waals surface area contributed by atoms with E-state index in [4.69, 9.17) is 5.26 Å². The van der Waals surface area contributed by atoms with E-state index in [-0.39, 0.29) is 11.9 Å². The van der Waals surface area contributed by atoms with Gasteiger partial charge in [0.05, 0.1) is 11.3 Å². The highest BCUT2D eigenvalue weighted by Gasteiger charge is 2.18. The van der Waals surface area contributed by atoms with Gasteiger partial charge in [0.15, 0.2) is 0 Å². The number of aryl methyl sites for hydroxylation is 1. The van der Waals surface area contributed by atoms with Gasteiger partial charge < -0.3 is 10.6 Å². The number of carbonyl (C=O) groups is 1. The fourth-order valence-electron chi connectivity index (χ4n) is 3.15. The van der Waals surface area contributed by atoms with E-state index in [1.807, 2.05) is 25.1 Å². The lowest BCUT2D eigenvalue weighted by Gasteiger charge is -2.22. The van der Waals surface area contributed by atoms with Crippen molar-refractivity contribution in [3.63, 3.8) is 0 Å². The lowest BCUT2D eigenvalue weighted by atomic mass is 9.90. The Kier molecular flexibility index (Phi) is 4.81. The normalized spacial score (nSPS) is 14.2. The molecule has 1 unspecified atom stereocenters. The molecule has 0 bridgehead atoms. The number of nitrogens with one attached hydrogen (secondary N) is 2. The Hall–Kier alpha value is -2.80. The summed E-state index contributed by atoms with van der Waals surface area (Å²) in [6, 6.07) is 15.0. The van der Waals surface area contributed by atoms with Crippen molar-refractivity contribution in [1.29, 1.82) is 5.26 Å². The Morgan fingerprint density at radius 3 is 2.67 bits per heavy atom. The molecule has 0 saturated heterocycles. The molecular formula is C20H21N3O. The number of rotatable bonds is 4. The van der Waals surface area contributed by atoms with Crippen LogP contribution in [0.5, 0.6) is 0 Å². The van der Waals surface area contributed by atoms with Gasteiger partial charge in [-0.25, -0.2) is 0 Å². The van der Waals surface area contributed by atoms with Crippen molar-refractivity contribution >= 4 is 17.3 Å². The van der Waals surface area contributed by atoms with E-state index < -0.39 is 0 Å². The summed E-state index contributed by atoms with van der Waals surface area (Å²) >= 11 is 0. The van der Waals surface area contributed by atoms with E-state index in [2.05, 4.69) is 22.8 Å². The van der Waals surface area contributed by atoms with Crippen LogP contribution in [0, 0.1) is 11.3 Å². The Labute approximate surface area is 142 Å². The Bertz CT molecular complexity index is 792. The molecule has 4 nitrogen and oxygen atoms in total. The molecule has 1 amide bonds. The van der Waals surface area contributed by atoms with Crippen LogP contribution in [0.2, 0.25) is 0 Å². The zero-order valence-electron chi connectivity index (χ0n) is 13.8. The summed E-state index contributed by atoms with van der Waals surface area (Å²) < 4.78 is 0. The first-order valence-corrected chi connectivity index (χ1v) is 8.36. The number of nitrogens with zero attached hydrogens (tertiary/aromatic N) is 1. The fraction of sp³-hybridized carbons (Fsp3) is 0.300. The van der Waals surface area contributed by atoms with Gasteiger partial charge >= 0.3 is 0 Å². The van der Waals surface area contributed by atoms with Gasteiger partial charge in [-0.15, -0.1) is 0 Å². The molecule has 2 aromatic rings. The number of benzene rings is 2. The Balaban J connectivity index is 1.72. The minimum atomic E-state index is -0.384. The molecule has 24 heavy (non-hydrogen) atoms. The number of para-hydroxylation sites is 1. The molecule has 2 N–H and O–H groups in total. The van der Waals surface area contributed by atoms with Crippen LogP contribution < -0.4 is 10.6 Å². The summed E-state index contributed by atoms with van der Waals surface area (Å²) in [7, 11) is 0. The highest BCUT2D eigenvalue weighted by molar-refractivity contribution is 5.97. The molecular weight excluding hydrogens is 298 g/mol. The number of fused-ring (bicyclic) bond motifs is 1. The molecule has 1 aliphatic carbocycles. The van der Waals surface area contributed by atoms with Crippen LogP contribution in [0.3, 0.4) is 0 Å². The van der Waals surface area contributed by atoms with Crippen molar-refractivity contribution in [3.8, 4) is 6.07 Å². The summed E-state index contributed by atoms with van der Waals surface area (Å²) in [6.45, 7) is 1.84. The third-order valence-electron chi connectivity index (χ3n) is 4.47. The van der Waals surface area contributed by atoms with E-state index in [1.54, 1.807) is 18.2 Å². The van der Waals surface area contributed by atoms with Crippen LogP contribution in [-0.2, 0) is 17.6 Å². The zero-order valence-corrected chi connectivity index (χ0v) is 13.8. The molecule has 1 aliphatic rings. The van der Waals surface area contributed by atoms with Crippen molar-refractivity contribution in [3.05, 3.63) is 59.2 Å². The molecule has 3 rings (SSSR count). The number of amides is 1. The second-order valence-corrected chi connectivity index (χ2v) is 6.16. The second kappa shape index (κ2) is 7.18. The Morgan fingerprint density at radius 1 is 1.08 bits per heavy atom. The first-order valence-electron chi connectivity index (χ1n) is 8.36. The number of carbonyl (C=O) groups excluding carboxylic acids is 1. The molecule has 0 heterocycles. The summed E-state index contributed by atoms with van der Waals surface area (Å²) in [5, 5.41) is 15.3. The van der Waals surface area contributed by atoms with E-state index in [0.717, 1.165) is 18.5 Å². The molecule has 2 aromatic carbocycles. The van der Waals surface area contributed by atoms with Crippen molar-refractivity contribution in [1.82, 2.24) is 0 Å². The molecule has 0 spiro atoms. The van der Waals surface area contributed by atoms with Crippen LogP contribution in [0.25, 0.3) is 0 Å². The molecule has 0 radical (unpaired) electrons. The van der Waals surface area contributed by atoms with Crippen LogP contribution in [-0.4, -0.2) is 11.9 Å². The topological polar surface area (TPSA) is 64.9 Å². The van der Waals surface area contributed by atoms with Gasteiger partial charge in [0, 0.05) is 5.69 Å². The molecule has 1 atom stereocenters. The molecule has 0 aliphatic heterocycles. The third kappa shape index (κ3) is 3.41. The van der Waals surface area contributed by atoms with Gasteiger partial charge in [-0.1, -0.05) is 24.3 Å². The Morgan fingerprint density at radius 2 is 1.83 bits per heavy atom. The van der Waals surface area contributed by atoms with Gasteiger partial charge in [-0.3, -0.25) is 4.79 Å². The molecule has 4 heteroatoms. The van der Waals surface area contributed by atoms with Crippen molar-refractivity contribution in [2.75, 3.05) is 10.6 Å². The SMILES string of the molecule is CC(Nc1cccc2c1CCCC2)C(=O)Nc1ccccc1C#N. The number of hydrogen-bond donors (Lipinski definition) is 2. The summed E-state index contributed by atoms with van der Waals surface area (Å²) in [6.07, 6.45) is 4.60. The maximum absolute atomic E-state index is 12.5. The van der Waals surface area contributed by atoms with E-state index in [1.165, 1.54) is 24.0 Å². The first kappa shape index (κ1) is 16.1.